The summed E-state index contributed by atoms with van der Waals surface area (Å²) in [5.74, 6) is 0. The maximum atomic E-state index is 11.6. The molecule has 0 aromatic carbocycles. The summed E-state index contributed by atoms with van der Waals surface area (Å²) in [5, 5.41) is 10.2. The van der Waals surface area contributed by atoms with Crippen molar-refractivity contribution in [1.29, 1.82) is 0 Å². The highest BCUT2D eigenvalue weighted by Gasteiger charge is 2.16. The highest BCUT2D eigenvalue weighted by molar-refractivity contribution is 7.71. The standard InChI is InChI=1S/C21H40N6OS/c1-3-4-5-6-7-8-9-10-11-12-13-16-19(26(2)20(22)28)17-14-15-18-27-21(29)23-24-25-27/h10-11,19H,3-9,12-18H2,1-2H3,(H2,22,28)(H,23,25,29)/b11-10-. The molecule has 166 valence electrons. The van der Waals surface area contributed by atoms with Crippen LogP contribution in [0.3, 0.4) is 0 Å². The van der Waals surface area contributed by atoms with E-state index in [4.69, 9.17) is 18.0 Å². The van der Waals surface area contributed by atoms with Gasteiger partial charge in [-0.2, -0.15) is 5.21 Å². The molecular weight excluding hydrogens is 384 g/mol. The van der Waals surface area contributed by atoms with Crippen LogP contribution in [0.5, 0.6) is 0 Å². The van der Waals surface area contributed by atoms with Crippen LogP contribution in [-0.2, 0) is 6.54 Å². The fourth-order valence-electron chi connectivity index (χ4n) is 3.47. The van der Waals surface area contributed by atoms with Gasteiger partial charge in [0, 0.05) is 19.6 Å². The second-order valence-corrected chi connectivity index (χ2v) is 8.16. The number of nitrogens with one attached hydrogen (secondary N) is 1. The van der Waals surface area contributed by atoms with Gasteiger partial charge in [0.2, 0.25) is 4.77 Å². The van der Waals surface area contributed by atoms with E-state index in [1.54, 1.807) is 16.6 Å². The van der Waals surface area contributed by atoms with E-state index in [-0.39, 0.29) is 12.1 Å². The van der Waals surface area contributed by atoms with Crippen LogP contribution in [0.2, 0.25) is 0 Å². The SMILES string of the molecule is CCCCCCCC/C=C\CCCC(CCCCn1[nH]nnc1=S)N(C)C(N)=O. The zero-order valence-corrected chi connectivity index (χ0v) is 19.1. The topological polar surface area (TPSA) is 92.8 Å². The van der Waals surface area contributed by atoms with Crippen molar-refractivity contribution >= 4 is 18.2 Å². The van der Waals surface area contributed by atoms with Crippen LogP contribution in [0, 0.1) is 4.77 Å². The van der Waals surface area contributed by atoms with Gasteiger partial charge in [0.05, 0.1) is 0 Å². The molecule has 1 heterocycles. The van der Waals surface area contributed by atoms with E-state index in [1.165, 1.54) is 44.9 Å². The molecule has 0 spiro atoms. The van der Waals surface area contributed by atoms with E-state index in [2.05, 4.69) is 34.6 Å². The number of unbranched alkanes of at least 4 members (excludes halogenated alkanes) is 8. The number of carbonyl (C=O) groups excluding carboxylic acids is 1. The molecule has 1 rings (SSSR count). The number of carbonyl (C=O) groups is 1. The van der Waals surface area contributed by atoms with Gasteiger partial charge < -0.3 is 10.6 Å². The van der Waals surface area contributed by atoms with Crippen LogP contribution >= 0.6 is 12.2 Å². The largest absolute Gasteiger partial charge is 0.351 e. The number of rotatable bonds is 17. The fourth-order valence-corrected chi connectivity index (χ4v) is 3.65. The van der Waals surface area contributed by atoms with Crippen LogP contribution in [0.1, 0.15) is 90.4 Å². The lowest BCUT2D eigenvalue weighted by Crippen LogP contribution is -2.40. The third-order valence-electron chi connectivity index (χ3n) is 5.40. The lowest BCUT2D eigenvalue weighted by atomic mass is 10.0. The zero-order valence-electron chi connectivity index (χ0n) is 18.3. The van der Waals surface area contributed by atoms with E-state index < -0.39 is 0 Å². The molecule has 1 atom stereocenters. The van der Waals surface area contributed by atoms with E-state index in [0.29, 0.717) is 4.77 Å². The summed E-state index contributed by atoms with van der Waals surface area (Å²) in [6.45, 7) is 3.02. The second kappa shape index (κ2) is 16.1. The Hall–Kier alpha value is -1.70. The van der Waals surface area contributed by atoms with Crippen LogP contribution in [0.15, 0.2) is 12.2 Å². The molecule has 0 aliphatic heterocycles. The number of amides is 2. The summed E-state index contributed by atoms with van der Waals surface area (Å²) in [7, 11) is 1.80. The molecule has 0 radical (unpaired) electrons. The van der Waals surface area contributed by atoms with Crippen LogP contribution in [-0.4, -0.2) is 44.2 Å². The summed E-state index contributed by atoms with van der Waals surface area (Å²) < 4.78 is 2.24. The number of hydrogen-bond donors (Lipinski definition) is 2. The van der Waals surface area contributed by atoms with E-state index in [9.17, 15) is 4.79 Å². The van der Waals surface area contributed by atoms with Crippen molar-refractivity contribution in [2.24, 2.45) is 5.73 Å². The van der Waals surface area contributed by atoms with Crippen molar-refractivity contribution in [3.63, 3.8) is 0 Å². The molecule has 29 heavy (non-hydrogen) atoms. The maximum Gasteiger partial charge on any atom is 0.314 e. The molecule has 0 aliphatic rings. The van der Waals surface area contributed by atoms with E-state index in [0.717, 1.165) is 45.1 Å². The Morgan fingerprint density at radius 1 is 1.10 bits per heavy atom. The molecule has 0 saturated carbocycles. The summed E-state index contributed by atoms with van der Waals surface area (Å²) in [6.07, 6.45) is 19.9. The number of aromatic amines is 1. The number of nitrogens with zero attached hydrogens (tertiary/aromatic N) is 4. The maximum absolute atomic E-state index is 11.6. The van der Waals surface area contributed by atoms with Crippen molar-refractivity contribution < 1.29 is 4.79 Å². The molecule has 3 N–H and O–H groups in total. The Bertz CT molecular complexity index is 627. The minimum atomic E-state index is -0.353. The molecule has 0 fully saturated rings. The summed E-state index contributed by atoms with van der Waals surface area (Å²) in [4.78, 5) is 13.3. The van der Waals surface area contributed by atoms with Gasteiger partial charge in [-0.25, -0.2) is 9.48 Å². The number of urea groups is 1. The van der Waals surface area contributed by atoms with Crippen molar-refractivity contribution in [2.75, 3.05) is 7.05 Å². The first kappa shape index (κ1) is 25.3. The molecule has 0 saturated heterocycles. The average molecular weight is 425 g/mol. The molecule has 2 amide bonds. The molecular formula is C21H40N6OS. The third kappa shape index (κ3) is 11.8. The minimum absolute atomic E-state index is 0.187. The van der Waals surface area contributed by atoms with Gasteiger partial charge in [0.25, 0.3) is 0 Å². The van der Waals surface area contributed by atoms with Gasteiger partial charge in [0.15, 0.2) is 0 Å². The molecule has 0 aliphatic carbocycles. The Labute approximate surface area is 181 Å². The van der Waals surface area contributed by atoms with E-state index in [1.807, 2.05) is 0 Å². The number of tetrazole rings is 1. The summed E-state index contributed by atoms with van der Waals surface area (Å²) >= 11 is 5.08. The second-order valence-electron chi connectivity index (χ2n) is 7.79. The highest BCUT2D eigenvalue weighted by Crippen LogP contribution is 2.15. The Balaban J connectivity index is 2.20. The van der Waals surface area contributed by atoms with Gasteiger partial charge in [-0.15, -0.1) is 0 Å². The first-order chi connectivity index (χ1) is 14.1. The van der Waals surface area contributed by atoms with Crippen molar-refractivity contribution in [2.45, 2.75) is 103 Å². The monoisotopic (exact) mass is 424 g/mol. The highest BCUT2D eigenvalue weighted by atomic mass is 32.1. The quantitative estimate of drug-likeness (QED) is 0.200. The molecule has 8 heteroatoms. The van der Waals surface area contributed by atoms with Gasteiger partial charge in [0.1, 0.15) is 0 Å². The summed E-state index contributed by atoms with van der Waals surface area (Å²) in [5.41, 5.74) is 5.50. The predicted octanol–water partition coefficient (Wildman–Crippen LogP) is 5.36. The number of aryl methyl sites for hydroxylation is 1. The first-order valence-corrected chi connectivity index (χ1v) is 11.6. The van der Waals surface area contributed by atoms with Crippen LogP contribution in [0.4, 0.5) is 4.79 Å². The lowest BCUT2D eigenvalue weighted by molar-refractivity contribution is 0.190. The molecule has 1 aromatic heterocycles. The molecule has 7 nitrogen and oxygen atoms in total. The van der Waals surface area contributed by atoms with Gasteiger partial charge in [-0.1, -0.05) is 61.5 Å². The molecule has 1 aromatic rings. The van der Waals surface area contributed by atoms with Crippen molar-refractivity contribution in [1.82, 2.24) is 25.1 Å². The number of nitrogens with two attached hydrogens (primary N) is 1. The first-order valence-electron chi connectivity index (χ1n) is 11.2. The number of H-pyrrole nitrogens is 1. The van der Waals surface area contributed by atoms with Crippen LogP contribution < -0.4 is 5.73 Å². The normalized spacial score (nSPS) is 12.5. The Morgan fingerprint density at radius 2 is 1.76 bits per heavy atom. The fraction of sp³-hybridized carbons (Fsp3) is 0.810. The smallest absolute Gasteiger partial charge is 0.314 e. The summed E-state index contributed by atoms with van der Waals surface area (Å²) in [6, 6.07) is -0.166. The van der Waals surface area contributed by atoms with Crippen LogP contribution in [0.25, 0.3) is 0 Å². The van der Waals surface area contributed by atoms with Gasteiger partial charge >= 0.3 is 6.03 Å². The van der Waals surface area contributed by atoms with Gasteiger partial charge in [-0.05, 0) is 63.6 Å². The molecule has 0 bridgehead atoms. The molecule has 1 unspecified atom stereocenters. The number of aromatic nitrogens is 4. The third-order valence-corrected chi connectivity index (χ3v) is 5.70. The Morgan fingerprint density at radius 3 is 2.41 bits per heavy atom. The number of primary amides is 1. The lowest BCUT2D eigenvalue weighted by Gasteiger charge is -2.26. The van der Waals surface area contributed by atoms with Gasteiger partial charge in [-0.3, -0.25) is 0 Å². The van der Waals surface area contributed by atoms with Crippen molar-refractivity contribution in [3.8, 4) is 0 Å². The van der Waals surface area contributed by atoms with Crippen molar-refractivity contribution in [3.05, 3.63) is 16.9 Å². The van der Waals surface area contributed by atoms with E-state index >= 15 is 0 Å². The average Bonchev–Trinajstić information content (AvgIpc) is 3.11. The minimum Gasteiger partial charge on any atom is -0.351 e. The zero-order chi connectivity index (χ0) is 21.3. The number of hydrogen-bond acceptors (Lipinski definition) is 4. The predicted molar refractivity (Wildman–Crippen MR) is 121 cm³/mol. The Kier molecular flexibility index (Phi) is 14.1. The number of allylic oxidation sites excluding steroid dienone is 2.